The number of aliphatic carboxylic acids is 2. The molecule has 0 radical (unpaired) electrons. The minimum absolute atomic E-state index is 0.0972. The highest BCUT2D eigenvalue weighted by atomic mass is 16.4. The zero-order valence-electron chi connectivity index (χ0n) is 14.3. The van der Waals surface area contributed by atoms with Gasteiger partial charge in [0.15, 0.2) is 0 Å². The quantitative estimate of drug-likeness (QED) is 0.342. The van der Waals surface area contributed by atoms with Gasteiger partial charge in [0.1, 0.15) is 0 Å². The van der Waals surface area contributed by atoms with Crippen LogP contribution in [-0.2, 0) is 9.59 Å². The van der Waals surface area contributed by atoms with Crippen LogP contribution in [0.2, 0.25) is 0 Å². The van der Waals surface area contributed by atoms with Crippen molar-refractivity contribution in [1.29, 1.82) is 0 Å². The van der Waals surface area contributed by atoms with Gasteiger partial charge in [-0.3, -0.25) is 9.59 Å². The fourth-order valence-electron chi connectivity index (χ4n) is 2.14. The number of hydrogen-bond acceptors (Lipinski definition) is 4. The average Bonchev–Trinajstić information content (AvgIpc) is 2.51. The normalized spacial score (nSPS) is 10.0. The Balaban J connectivity index is 0. The van der Waals surface area contributed by atoms with Gasteiger partial charge in [-0.25, -0.2) is 0 Å². The Bertz CT molecular complexity index is 246. The zero-order chi connectivity index (χ0) is 17.8. The summed E-state index contributed by atoms with van der Waals surface area (Å²) in [6, 6.07) is 0. The molecular weight excluding hydrogens is 298 g/mol. The highest BCUT2D eigenvalue weighted by molar-refractivity contribution is 5.66. The van der Waals surface area contributed by atoms with Crippen molar-refractivity contribution in [3.8, 4) is 0 Å². The smallest absolute Gasteiger partial charge is 0.303 e. The lowest BCUT2D eigenvalue weighted by atomic mass is 10.0. The molecular formula is C17H35NO5. The molecule has 0 aromatic rings. The largest absolute Gasteiger partial charge is 0.481 e. The van der Waals surface area contributed by atoms with E-state index in [0.29, 0.717) is 19.4 Å². The Kier molecular flexibility index (Phi) is 21.9. The second-order valence-corrected chi connectivity index (χ2v) is 5.69. The summed E-state index contributed by atoms with van der Waals surface area (Å²) in [5, 5.41) is 24.7. The summed E-state index contributed by atoms with van der Waals surface area (Å²) in [6.45, 7) is 0.472. The molecule has 0 heterocycles. The lowest BCUT2D eigenvalue weighted by Crippen LogP contribution is -2.02. The van der Waals surface area contributed by atoms with Crippen LogP contribution in [0.4, 0.5) is 0 Å². The monoisotopic (exact) mass is 333 g/mol. The standard InChI is InChI=1S/C15H28O4.C2H7NO/c16-14(17)12-10-8-6-4-2-1-3-5-7-9-11-13-15(18)19;3-1-2-4/h1-13H2,(H,16,17)(H,18,19);4H,1-3H2. The van der Waals surface area contributed by atoms with Gasteiger partial charge in [-0.15, -0.1) is 0 Å². The zero-order valence-corrected chi connectivity index (χ0v) is 14.3. The van der Waals surface area contributed by atoms with E-state index in [0.717, 1.165) is 38.5 Å². The van der Waals surface area contributed by atoms with Crippen molar-refractivity contribution in [1.82, 2.24) is 0 Å². The number of carbonyl (C=O) groups is 2. The SMILES string of the molecule is NCCO.O=C(O)CCCCCCCCCCCCCC(=O)O. The molecule has 138 valence electrons. The third-order valence-electron chi connectivity index (χ3n) is 3.41. The van der Waals surface area contributed by atoms with Crippen LogP contribution < -0.4 is 5.73 Å². The van der Waals surface area contributed by atoms with Crippen LogP contribution in [0, 0.1) is 0 Å². The van der Waals surface area contributed by atoms with Gasteiger partial charge in [-0.05, 0) is 12.8 Å². The third-order valence-corrected chi connectivity index (χ3v) is 3.41. The Hall–Kier alpha value is -1.14. The topological polar surface area (TPSA) is 121 Å². The van der Waals surface area contributed by atoms with Gasteiger partial charge in [-0.1, -0.05) is 57.8 Å². The van der Waals surface area contributed by atoms with Crippen LogP contribution in [0.3, 0.4) is 0 Å². The van der Waals surface area contributed by atoms with E-state index < -0.39 is 11.9 Å². The van der Waals surface area contributed by atoms with E-state index in [9.17, 15) is 9.59 Å². The van der Waals surface area contributed by atoms with Gasteiger partial charge >= 0.3 is 11.9 Å². The molecule has 0 unspecified atom stereocenters. The molecule has 5 N–H and O–H groups in total. The van der Waals surface area contributed by atoms with Crippen LogP contribution in [0.1, 0.15) is 83.5 Å². The summed E-state index contributed by atoms with van der Waals surface area (Å²) >= 11 is 0. The Labute approximate surface area is 140 Å². The average molecular weight is 333 g/mol. The Morgan fingerprint density at radius 2 is 0.826 bits per heavy atom. The minimum Gasteiger partial charge on any atom is -0.481 e. The first-order valence-corrected chi connectivity index (χ1v) is 8.79. The summed E-state index contributed by atoms with van der Waals surface area (Å²) in [6.07, 6.45) is 12.7. The van der Waals surface area contributed by atoms with E-state index >= 15 is 0 Å². The van der Waals surface area contributed by atoms with E-state index in [2.05, 4.69) is 0 Å². The first-order chi connectivity index (χ1) is 11.0. The maximum Gasteiger partial charge on any atom is 0.303 e. The number of carboxylic acids is 2. The van der Waals surface area contributed by atoms with Gasteiger partial charge < -0.3 is 21.1 Å². The number of nitrogens with two attached hydrogens (primary N) is 1. The van der Waals surface area contributed by atoms with Crippen molar-refractivity contribution < 1.29 is 24.9 Å². The third kappa shape index (κ3) is 29.5. The number of carboxylic acid groups (broad SMARTS) is 2. The molecule has 23 heavy (non-hydrogen) atoms. The number of aliphatic hydroxyl groups excluding tert-OH is 1. The molecule has 0 saturated carbocycles. The molecule has 0 aliphatic heterocycles. The van der Waals surface area contributed by atoms with Gasteiger partial charge in [0.25, 0.3) is 0 Å². The van der Waals surface area contributed by atoms with Gasteiger partial charge in [0, 0.05) is 19.4 Å². The molecule has 0 bridgehead atoms. The molecule has 0 aromatic heterocycles. The van der Waals surface area contributed by atoms with Crippen molar-refractivity contribution in [2.24, 2.45) is 5.73 Å². The molecule has 0 amide bonds. The summed E-state index contributed by atoms with van der Waals surface area (Å²) in [4.78, 5) is 20.6. The lowest BCUT2D eigenvalue weighted by Gasteiger charge is -2.02. The Morgan fingerprint density at radius 1 is 0.609 bits per heavy atom. The van der Waals surface area contributed by atoms with Crippen LogP contribution in [-0.4, -0.2) is 40.4 Å². The van der Waals surface area contributed by atoms with Crippen molar-refractivity contribution in [3.05, 3.63) is 0 Å². The van der Waals surface area contributed by atoms with Crippen molar-refractivity contribution >= 4 is 11.9 Å². The number of rotatable bonds is 15. The van der Waals surface area contributed by atoms with Crippen molar-refractivity contribution in [2.75, 3.05) is 13.2 Å². The number of hydrogen-bond donors (Lipinski definition) is 4. The molecule has 6 nitrogen and oxygen atoms in total. The molecule has 0 atom stereocenters. The number of unbranched alkanes of at least 4 members (excludes halogenated alkanes) is 10. The van der Waals surface area contributed by atoms with Crippen LogP contribution in [0.15, 0.2) is 0 Å². The summed E-state index contributed by atoms with van der Waals surface area (Å²) in [5.74, 6) is -1.38. The molecule has 0 saturated heterocycles. The first kappa shape index (κ1) is 24.1. The van der Waals surface area contributed by atoms with Crippen LogP contribution in [0.5, 0.6) is 0 Å². The predicted molar refractivity (Wildman–Crippen MR) is 91.4 cm³/mol. The van der Waals surface area contributed by atoms with E-state index in [1.54, 1.807) is 0 Å². The maximum absolute atomic E-state index is 10.3. The lowest BCUT2D eigenvalue weighted by molar-refractivity contribution is -0.138. The summed E-state index contributed by atoms with van der Waals surface area (Å²) < 4.78 is 0. The summed E-state index contributed by atoms with van der Waals surface area (Å²) in [7, 11) is 0. The van der Waals surface area contributed by atoms with E-state index in [1.807, 2.05) is 0 Å². The highest BCUT2D eigenvalue weighted by Gasteiger charge is 1.98. The van der Waals surface area contributed by atoms with Crippen molar-refractivity contribution in [2.45, 2.75) is 83.5 Å². The number of aliphatic hydroxyl groups is 1. The molecule has 0 aliphatic carbocycles. The Morgan fingerprint density at radius 3 is 1.00 bits per heavy atom. The van der Waals surface area contributed by atoms with Gasteiger partial charge in [0.05, 0.1) is 6.61 Å². The van der Waals surface area contributed by atoms with E-state index in [-0.39, 0.29) is 6.61 Å². The second kappa shape index (κ2) is 20.9. The second-order valence-electron chi connectivity index (χ2n) is 5.69. The highest BCUT2D eigenvalue weighted by Crippen LogP contribution is 2.12. The summed E-state index contributed by atoms with van der Waals surface area (Å²) in [5.41, 5.74) is 4.78. The predicted octanol–water partition coefficient (Wildman–Crippen LogP) is 3.16. The molecule has 6 heteroatoms. The molecule has 0 aliphatic rings. The fraction of sp³-hybridized carbons (Fsp3) is 0.882. The van der Waals surface area contributed by atoms with E-state index in [1.165, 1.54) is 32.1 Å². The molecule has 0 aromatic carbocycles. The van der Waals surface area contributed by atoms with E-state index in [4.69, 9.17) is 21.1 Å². The van der Waals surface area contributed by atoms with Crippen LogP contribution >= 0.6 is 0 Å². The van der Waals surface area contributed by atoms with Gasteiger partial charge in [0.2, 0.25) is 0 Å². The maximum atomic E-state index is 10.3. The molecule has 0 fully saturated rings. The molecule has 0 spiro atoms. The first-order valence-electron chi connectivity index (χ1n) is 8.79. The molecule has 0 rings (SSSR count). The van der Waals surface area contributed by atoms with Gasteiger partial charge in [-0.2, -0.15) is 0 Å². The van der Waals surface area contributed by atoms with Crippen LogP contribution in [0.25, 0.3) is 0 Å². The minimum atomic E-state index is -0.692. The van der Waals surface area contributed by atoms with Crippen molar-refractivity contribution in [3.63, 3.8) is 0 Å². The fourth-order valence-corrected chi connectivity index (χ4v) is 2.14.